The molecule has 2 aromatic rings. The van der Waals surface area contributed by atoms with E-state index in [1.54, 1.807) is 11.3 Å². The Labute approximate surface area is 134 Å². The van der Waals surface area contributed by atoms with Gasteiger partial charge in [0.15, 0.2) is 0 Å². The van der Waals surface area contributed by atoms with Crippen LogP contribution in [0.1, 0.15) is 38.1 Å². The second kappa shape index (κ2) is 5.57. The number of nitrogens with two attached hydrogens (primary N) is 1. The van der Waals surface area contributed by atoms with Gasteiger partial charge in [0.05, 0.1) is 16.3 Å². The smallest absolute Gasteiger partial charge is 0.148 e. The lowest BCUT2D eigenvalue weighted by Gasteiger charge is -2.24. The molecule has 1 saturated heterocycles. The number of hydrogen-bond acceptors (Lipinski definition) is 6. The van der Waals surface area contributed by atoms with Gasteiger partial charge in [-0.2, -0.15) is 4.37 Å². The van der Waals surface area contributed by atoms with Gasteiger partial charge < -0.3 is 10.6 Å². The van der Waals surface area contributed by atoms with E-state index in [1.807, 2.05) is 6.92 Å². The normalized spacial score (nSPS) is 18.7. The summed E-state index contributed by atoms with van der Waals surface area (Å²) in [5, 5.41) is 4.34. The predicted octanol–water partition coefficient (Wildman–Crippen LogP) is 4.17. The minimum atomic E-state index is 0.433. The van der Waals surface area contributed by atoms with Gasteiger partial charge in [-0.1, -0.05) is 13.8 Å². The number of rotatable bonds is 2. The van der Waals surface area contributed by atoms with E-state index < -0.39 is 0 Å². The van der Waals surface area contributed by atoms with E-state index in [4.69, 9.17) is 5.73 Å². The number of anilines is 2. The van der Waals surface area contributed by atoms with E-state index in [9.17, 15) is 0 Å². The predicted molar refractivity (Wildman–Crippen MR) is 92.2 cm³/mol. The summed E-state index contributed by atoms with van der Waals surface area (Å²) < 4.78 is 4.39. The number of aromatic nitrogens is 2. The maximum absolute atomic E-state index is 6.12. The van der Waals surface area contributed by atoms with Gasteiger partial charge in [0.25, 0.3) is 0 Å². The van der Waals surface area contributed by atoms with E-state index in [0.717, 1.165) is 29.4 Å². The van der Waals surface area contributed by atoms with Gasteiger partial charge in [0.2, 0.25) is 0 Å². The highest BCUT2D eigenvalue weighted by Gasteiger charge is 2.27. The molecule has 0 amide bonds. The molecule has 2 N–H and O–H groups in total. The molecule has 4 nitrogen and oxygen atoms in total. The van der Waals surface area contributed by atoms with Crippen LogP contribution in [0.15, 0.2) is 5.38 Å². The average Bonchev–Trinajstić information content (AvgIpc) is 2.94. The van der Waals surface area contributed by atoms with Crippen molar-refractivity contribution in [3.05, 3.63) is 10.4 Å². The van der Waals surface area contributed by atoms with Gasteiger partial charge in [0.1, 0.15) is 10.8 Å². The molecular weight excluding hydrogens is 300 g/mol. The second-order valence-corrected chi connectivity index (χ2v) is 8.32. The number of nitrogen functional groups attached to an aromatic ring is 1. The van der Waals surface area contributed by atoms with Crippen molar-refractivity contribution in [3.8, 4) is 11.3 Å². The Morgan fingerprint density at radius 1 is 1.29 bits per heavy atom. The molecule has 1 aliphatic rings. The Bertz CT molecular complexity index is 629. The van der Waals surface area contributed by atoms with Crippen molar-refractivity contribution >= 4 is 33.7 Å². The number of aryl methyl sites for hydroxylation is 1. The summed E-state index contributed by atoms with van der Waals surface area (Å²) in [7, 11) is 0. The van der Waals surface area contributed by atoms with Crippen molar-refractivity contribution < 1.29 is 0 Å². The SMILES string of the molecule is Cc1nc(-c2c(N)nsc2N2CCCC(C)(C)CC2)cs1. The number of hydrogen-bond donors (Lipinski definition) is 1. The van der Waals surface area contributed by atoms with E-state index in [-0.39, 0.29) is 0 Å². The summed E-state index contributed by atoms with van der Waals surface area (Å²) in [5.41, 5.74) is 8.56. The van der Waals surface area contributed by atoms with Crippen LogP contribution < -0.4 is 10.6 Å². The molecule has 2 aromatic heterocycles. The molecule has 0 spiro atoms. The van der Waals surface area contributed by atoms with Gasteiger partial charge in [-0.3, -0.25) is 0 Å². The maximum Gasteiger partial charge on any atom is 0.148 e. The summed E-state index contributed by atoms with van der Waals surface area (Å²) in [5.74, 6) is 0.615. The first-order valence-electron chi connectivity index (χ1n) is 7.39. The van der Waals surface area contributed by atoms with Crippen molar-refractivity contribution in [2.45, 2.75) is 40.0 Å². The molecule has 0 bridgehead atoms. The first kappa shape index (κ1) is 14.8. The summed E-state index contributed by atoms with van der Waals surface area (Å²) in [6.45, 7) is 8.91. The van der Waals surface area contributed by atoms with Crippen LogP contribution in [-0.4, -0.2) is 22.4 Å². The lowest BCUT2D eigenvalue weighted by atomic mass is 9.85. The maximum atomic E-state index is 6.12. The van der Waals surface area contributed by atoms with Crippen LogP contribution in [0, 0.1) is 12.3 Å². The Morgan fingerprint density at radius 2 is 2.10 bits per heavy atom. The van der Waals surface area contributed by atoms with Gasteiger partial charge >= 0.3 is 0 Å². The highest BCUT2D eigenvalue weighted by atomic mass is 32.1. The summed E-state index contributed by atoms with van der Waals surface area (Å²) in [6, 6.07) is 0. The largest absolute Gasteiger partial charge is 0.382 e. The molecule has 0 atom stereocenters. The monoisotopic (exact) mass is 322 g/mol. The van der Waals surface area contributed by atoms with Crippen LogP contribution in [-0.2, 0) is 0 Å². The number of thiazole rings is 1. The van der Waals surface area contributed by atoms with Crippen molar-refractivity contribution in [3.63, 3.8) is 0 Å². The van der Waals surface area contributed by atoms with Crippen molar-refractivity contribution in [2.24, 2.45) is 5.41 Å². The molecular formula is C15H22N4S2. The number of nitrogens with zero attached hydrogens (tertiary/aromatic N) is 3. The average molecular weight is 323 g/mol. The molecule has 3 heterocycles. The Morgan fingerprint density at radius 3 is 2.81 bits per heavy atom. The quantitative estimate of drug-likeness (QED) is 0.901. The molecule has 1 fully saturated rings. The van der Waals surface area contributed by atoms with Gasteiger partial charge in [-0.25, -0.2) is 4.98 Å². The highest BCUT2D eigenvalue weighted by molar-refractivity contribution is 7.11. The van der Waals surface area contributed by atoms with E-state index in [1.165, 1.54) is 35.8 Å². The molecule has 114 valence electrons. The van der Waals surface area contributed by atoms with E-state index in [0.29, 0.717) is 11.2 Å². The zero-order chi connectivity index (χ0) is 15.0. The fourth-order valence-corrected chi connectivity index (χ4v) is 4.33. The minimum Gasteiger partial charge on any atom is -0.382 e. The van der Waals surface area contributed by atoms with Crippen molar-refractivity contribution in [1.82, 2.24) is 9.36 Å². The van der Waals surface area contributed by atoms with Crippen LogP contribution in [0.5, 0.6) is 0 Å². The van der Waals surface area contributed by atoms with Crippen LogP contribution in [0.4, 0.5) is 10.8 Å². The van der Waals surface area contributed by atoms with Crippen molar-refractivity contribution in [1.29, 1.82) is 0 Å². The zero-order valence-corrected chi connectivity index (χ0v) is 14.5. The lowest BCUT2D eigenvalue weighted by Crippen LogP contribution is -2.24. The molecule has 0 aliphatic carbocycles. The van der Waals surface area contributed by atoms with Crippen LogP contribution >= 0.6 is 22.9 Å². The van der Waals surface area contributed by atoms with E-state index in [2.05, 4.69) is 33.5 Å². The van der Waals surface area contributed by atoms with Gasteiger partial charge in [-0.15, -0.1) is 11.3 Å². The Hall–Kier alpha value is -1.14. The van der Waals surface area contributed by atoms with Crippen LogP contribution in [0.3, 0.4) is 0 Å². The molecule has 3 rings (SSSR count). The first-order chi connectivity index (χ1) is 9.96. The molecule has 6 heteroatoms. The molecule has 21 heavy (non-hydrogen) atoms. The summed E-state index contributed by atoms with van der Waals surface area (Å²) in [6.07, 6.45) is 3.71. The molecule has 1 aliphatic heterocycles. The molecule has 0 aromatic carbocycles. The molecule has 0 unspecified atom stereocenters. The van der Waals surface area contributed by atoms with Gasteiger partial charge in [-0.05, 0) is 43.1 Å². The summed E-state index contributed by atoms with van der Waals surface area (Å²) in [4.78, 5) is 7.05. The van der Waals surface area contributed by atoms with E-state index >= 15 is 0 Å². The zero-order valence-electron chi connectivity index (χ0n) is 12.8. The van der Waals surface area contributed by atoms with Crippen molar-refractivity contribution in [2.75, 3.05) is 23.7 Å². The third kappa shape index (κ3) is 3.06. The second-order valence-electron chi connectivity index (χ2n) is 6.50. The fourth-order valence-electron chi connectivity index (χ4n) is 2.85. The Balaban J connectivity index is 1.93. The third-order valence-corrected chi connectivity index (χ3v) is 5.90. The molecule has 0 radical (unpaired) electrons. The first-order valence-corrected chi connectivity index (χ1v) is 9.04. The third-order valence-electron chi connectivity index (χ3n) is 4.20. The van der Waals surface area contributed by atoms with Crippen LogP contribution in [0.2, 0.25) is 0 Å². The molecule has 0 saturated carbocycles. The standard InChI is InChI=1S/C15H22N4S2/c1-10-17-11(9-20-10)12-13(16)18-21-14(12)19-7-4-5-15(2,3)6-8-19/h9H,4-8H2,1-3H3,(H2,16,18). The topological polar surface area (TPSA) is 55.0 Å². The lowest BCUT2D eigenvalue weighted by molar-refractivity contribution is 0.325. The van der Waals surface area contributed by atoms with Crippen LogP contribution in [0.25, 0.3) is 11.3 Å². The minimum absolute atomic E-state index is 0.433. The Kier molecular flexibility index (Phi) is 3.92. The summed E-state index contributed by atoms with van der Waals surface area (Å²) >= 11 is 3.17. The van der Waals surface area contributed by atoms with Gasteiger partial charge in [0, 0.05) is 18.5 Å². The fraction of sp³-hybridized carbons (Fsp3) is 0.600. The highest BCUT2D eigenvalue weighted by Crippen LogP contribution is 2.41.